The van der Waals surface area contributed by atoms with Crippen LogP contribution in [0.25, 0.3) is 5.00 Å². The van der Waals surface area contributed by atoms with Gasteiger partial charge in [-0.05, 0) is 39.4 Å². The maximum Gasteiger partial charge on any atom is 0.376 e. The number of carbonyl (C=O) groups excluding carboxylic acids is 1. The Balaban J connectivity index is 2.06. The lowest BCUT2D eigenvalue weighted by Crippen LogP contribution is -2.29. The van der Waals surface area contributed by atoms with Crippen LogP contribution in [-0.4, -0.2) is 25.7 Å². The summed E-state index contributed by atoms with van der Waals surface area (Å²) in [5.41, 5.74) is -0.559. The van der Waals surface area contributed by atoms with Crippen molar-refractivity contribution in [2.45, 2.75) is 0 Å². The van der Waals surface area contributed by atoms with Crippen LogP contribution in [0.15, 0.2) is 39.8 Å². The van der Waals surface area contributed by atoms with Crippen LogP contribution in [0.5, 0.6) is 0 Å². The highest BCUT2D eigenvalue weighted by Crippen LogP contribution is 2.12. The Morgan fingerprint density at radius 1 is 1.11 bits per heavy atom. The topological polar surface area (TPSA) is 69.8 Å². The van der Waals surface area contributed by atoms with Crippen LogP contribution in [0, 0.1) is 0 Å². The molecule has 90 valence electrons. The quantitative estimate of drug-likeness (QED) is 0.661. The molecule has 0 aliphatic rings. The lowest BCUT2D eigenvalue weighted by atomic mass is 10.4. The van der Waals surface area contributed by atoms with E-state index in [1.807, 2.05) is 5.38 Å². The monoisotopic (exact) mass is 278 g/mol. The number of hydrogen-bond donors (Lipinski definition) is 0. The van der Waals surface area contributed by atoms with Gasteiger partial charge in [0.1, 0.15) is 5.00 Å². The van der Waals surface area contributed by atoms with Crippen LogP contribution in [-0.2, 0) is 0 Å². The molecular weight excluding hydrogens is 272 g/mol. The molecule has 0 spiro atoms. The summed E-state index contributed by atoms with van der Waals surface area (Å²) in [5.74, 6) is -0.460. The first-order valence-electron chi connectivity index (χ1n) is 4.94. The van der Waals surface area contributed by atoms with Gasteiger partial charge in [-0.1, -0.05) is 6.07 Å². The van der Waals surface area contributed by atoms with Gasteiger partial charge in [0.15, 0.2) is 0 Å². The van der Waals surface area contributed by atoms with Crippen LogP contribution >= 0.6 is 22.7 Å². The minimum atomic E-state index is -0.559. The summed E-state index contributed by atoms with van der Waals surface area (Å²) in [5, 5.41) is 11.5. The van der Waals surface area contributed by atoms with Gasteiger partial charge in [-0.3, -0.25) is 4.79 Å². The van der Waals surface area contributed by atoms with Crippen LogP contribution < -0.4 is 5.69 Å². The Kier molecular flexibility index (Phi) is 2.65. The van der Waals surface area contributed by atoms with E-state index >= 15 is 0 Å². The number of hydrogen-bond acceptors (Lipinski definition) is 6. The molecule has 3 aromatic rings. The molecule has 8 heteroatoms. The number of nitrogens with zero attached hydrogens (tertiary/aromatic N) is 4. The fourth-order valence-corrected chi connectivity index (χ4v) is 2.72. The second kappa shape index (κ2) is 4.31. The summed E-state index contributed by atoms with van der Waals surface area (Å²) in [6.45, 7) is 0. The highest BCUT2D eigenvalue weighted by atomic mass is 32.1. The molecule has 6 nitrogen and oxygen atoms in total. The number of thiophene rings is 2. The van der Waals surface area contributed by atoms with Crippen LogP contribution in [0.2, 0.25) is 0 Å². The fraction of sp³-hybridized carbons (Fsp3) is 0. The van der Waals surface area contributed by atoms with Crippen molar-refractivity contribution < 1.29 is 4.79 Å². The van der Waals surface area contributed by atoms with E-state index in [1.54, 1.807) is 29.6 Å². The lowest BCUT2D eigenvalue weighted by molar-refractivity contribution is 0.0943. The first kappa shape index (κ1) is 11.1. The van der Waals surface area contributed by atoms with Crippen molar-refractivity contribution in [2.24, 2.45) is 0 Å². The van der Waals surface area contributed by atoms with E-state index in [2.05, 4.69) is 10.4 Å². The van der Waals surface area contributed by atoms with Gasteiger partial charge >= 0.3 is 5.69 Å². The molecule has 0 atom stereocenters. The van der Waals surface area contributed by atoms with E-state index in [1.165, 1.54) is 22.7 Å². The highest BCUT2D eigenvalue weighted by Gasteiger charge is 2.17. The summed E-state index contributed by atoms with van der Waals surface area (Å²) in [7, 11) is 0. The number of rotatable bonds is 2. The predicted octanol–water partition coefficient (Wildman–Crippen LogP) is 1.24. The molecule has 0 aliphatic carbocycles. The molecule has 0 aromatic carbocycles. The average molecular weight is 278 g/mol. The first-order valence-corrected chi connectivity index (χ1v) is 6.70. The van der Waals surface area contributed by atoms with E-state index in [0.717, 1.165) is 9.36 Å². The Morgan fingerprint density at radius 3 is 2.56 bits per heavy atom. The van der Waals surface area contributed by atoms with Gasteiger partial charge < -0.3 is 0 Å². The van der Waals surface area contributed by atoms with Crippen LogP contribution in [0.1, 0.15) is 9.67 Å². The summed E-state index contributed by atoms with van der Waals surface area (Å²) >= 11 is 2.61. The number of carbonyl (C=O) groups is 1. The van der Waals surface area contributed by atoms with Crippen LogP contribution in [0.3, 0.4) is 0 Å². The Hall–Kier alpha value is -2.06. The smallest absolute Gasteiger partial charge is 0.266 e. The van der Waals surface area contributed by atoms with Crippen molar-refractivity contribution >= 4 is 28.6 Å². The zero-order valence-electron chi connectivity index (χ0n) is 8.89. The number of tetrazole rings is 1. The first-order chi connectivity index (χ1) is 8.77. The Morgan fingerprint density at radius 2 is 1.89 bits per heavy atom. The maximum atomic E-state index is 12.0. The molecule has 0 amide bonds. The van der Waals surface area contributed by atoms with Gasteiger partial charge in [-0.25, -0.2) is 4.79 Å². The summed E-state index contributed by atoms with van der Waals surface area (Å²) < 4.78 is 1.88. The minimum Gasteiger partial charge on any atom is -0.266 e. The zero-order valence-corrected chi connectivity index (χ0v) is 10.5. The molecule has 3 aromatic heterocycles. The van der Waals surface area contributed by atoms with Crippen LogP contribution in [0.4, 0.5) is 0 Å². The van der Waals surface area contributed by atoms with E-state index in [4.69, 9.17) is 0 Å². The van der Waals surface area contributed by atoms with Gasteiger partial charge in [0.05, 0.1) is 4.88 Å². The molecule has 0 fully saturated rings. The Bertz CT molecular complexity index is 724. The normalized spacial score (nSPS) is 10.7. The summed E-state index contributed by atoms with van der Waals surface area (Å²) in [6.07, 6.45) is 0. The molecule has 0 unspecified atom stereocenters. The zero-order chi connectivity index (χ0) is 12.5. The predicted molar refractivity (Wildman–Crippen MR) is 67.5 cm³/mol. The third kappa shape index (κ3) is 1.71. The molecule has 0 saturated heterocycles. The summed E-state index contributed by atoms with van der Waals surface area (Å²) in [4.78, 5) is 24.4. The third-order valence-electron chi connectivity index (χ3n) is 2.22. The molecule has 3 heterocycles. The molecule has 0 N–H and O–H groups in total. The molecular formula is C10H6N4O2S2. The Labute approximate surface area is 109 Å². The SMILES string of the molecule is O=C(c1cccs1)n1nnn(-c2cccs2)c1=O. The minimum absolute atomic E-state index is 0.454. The largest absolute Gasteiger partial charge is 0.376 e. The molecule has 0 radical (unpaired) electrons. The van der Waals surface area contributed by atoms with Crippen molar-refractivity contribution in [3.63, 3.8) is 0 Å². The van der Waals surface area contributed by atoms with E-state index in [0.29, 0.717) is 9.88 Å². The second-order valence-corrected chi connectivity index (χ2v) is 5.19. The van der Waals surface area contributed by atoms with Gasteiger partial charge in [-0.15, -0.1) is 32.0 Å². The molecule has 0 bridgehead atoms. The summed E-state index contributed by atoms with van der Waals surface area (Å²) in [6, 6.07) is 6.92. The second-order valence-electron chi connectivity index (χ2n) is 3.32. The van der Waals surface area contributed by atoms with E-state index in [9.17, 15) is 9.59 Å². The van der Waals surface area contributed by atoms with E-state index < -0.39 is 11.6 Å². The van der Waals surface area contributed by atoms with E-state index in [-0.39, 0.29) is 0 Å². The third-order valence-corrected chi connectivity index (χ3v) is 3.92. The highest BCUT2D eigenvalue weighted by molar-refractivity contribution is 7.12. The van der Waals surface area contributed by atoms with Gasteiger partial charge in [0.25, 0.3) is 5.91 Å². The molecule has 18 heavy (non-hydrogen) atoms. The lowest BCUT2D eigenvalue weighted by Gasteiger charge is -1.93. The fourth-order valence-electron chi connectivity index (χ4n) is 1.41. The average Bonchev–Trinajstić information content (AvgIpc) is 3.10. The van der Waals surface area contributed by atoms with Crippen molar-refractivity contribution in [1.82, 2.24) is 19.8 Å². The molecule has 0 aliphatic heterocycles. The van der Waals surface area contributed by atoms with Crippen molar-refractivity contribution in [3.05, 3.63) is 50.4 Å². The molecule has 3 rings (SSSR count). The van der Waals surface area contributed by atoms with Gasteiger partial charge in [0.2, 0.25) is 0 Å². The molecule has 0 saturated carbocycles. The maximum absolute atomic E-state index is 12.0. The standard InChI is InChI=1S/C10H6N4O2S2/c15-9(7-3-1-5-17-7)14-10(16)13(11-12-14)8-4-2-6-18-8/h1-6H. The van der Waals surface area contributed by atoms with Crippen molar-refractivity contribution in [1.29, 1.82) is 0 Å². The van der Waals surface area contributed by atoms with Crippen molar-refractivity contribution in [2.75, 3.05) is 0 Å². The number of aromatic nitrogens is 4. The van der Waals surface area contributed by atoms with Gasteiger partial charge in [-0.2, -0.15) is 0 Å². The van der Waals surface area contributed by atoms with Crippen molar-refractivity contribution in [3.8, 4) is 5.00 Å². The van der Waals surface area contributed by atoms with Gasteiger partial charge in [0, 0.05) is 0 Å².